The second-order valence-electron chi connectivity index (χ2n) is 7.39. The molecule has 0 saturated carbocycles. The van der Waals surface area contributed by atoms with Crippen LogP contribution in [0.1, 0.15) is 22.4 Å². The van der Waals surface area contributed by atoms with Gasteiger partial charge in [0.2, 0.25) is 5.95 Å². The molecule has 0 spiro atoms. The summed E-state index contributed by atoms with van der Waals surface area (Å²) in [5.41, 5.74) is 7.38. The normalized spacial score (nSPS) is 10.8. The smallest absolute Gasteiger partial charge is 0.229 e. The lowest BCUT2D eigenvalue weighted by Gasteiger charge is -2.13. The first-order valence-corrected chi connectivity index (χ1v) is 10.0. The highest BCUT2D eigenvalue weighted by Gasteiger charge is 2.11. The summed E-state index contributed by atoms with van der Waals surface area (Å²) in [6.07, 6.45) is 0. The molecular formula is C23H23ClN6. The van der Waals surface area contributed by atoms with Crippen LogP contribution in [0.4, 0.5) is 23.3 Å². The Morgan fingerprint density at radius 3 is 2.27 bits per heavy atom. The van der Waals surface area contributed by atoms with E-state index in [0.29, 0.717) is 22.6 Å². The first-order valence-electron chi connectivity index (χ1n) is 9.66. The highest BCUT2D eigenvalue weighted by molar-refractivity contribution is 6.30. The van der Waals surface area contributed by atoms with Gasteiger partial charge >= 0.3 is 0 Å². The number of halogens is 1. The number of hydrogen-bond acceptors (Lipinski definition) is 5. The van der Waals surface area contributed by atoms with E-state index in [9.17, 15) is 0 Å². The van der Waals surface area contributed by atoms with Crippen LogP contribution in [0.25, 0.3) is 11.3 Å². The van der Waals surface area contributed by atoms with Gasteiger partial charge in [0.25, 0.3) is 0 Å². The summed E-state index contributed by atoms with van der Waals surface area (Å²) in [5, 5.41) is 14.3. The fourth-order valence-electron chi connectivity index (χ4n) is 3.21. The highest BCUT2D eigenvalue weighted by Crippen LogP contribution is 2.28. The minimum absolute atomic E-state index is 0.473. The molecule has 152 valence electrons. The Morgan fingerprint density at radius 1 is 0.833 bits per heavy atom. The molecule has 0 bridgehead atoms. The third kappa shape index (κ3) is 4.44. The van der Waals surface area contributed by atoms with Gasteiger partial charge in [0, 0.05) is 34.1 Å². The second-order valence-corrected chi connectivity index (χ2v) is 7.83. The van der Waals surface area contributed by atoms with Crippen molar-refractivity contribution in [3.63, 3.8) is 0 Å². The quantitative estimate of drug-likeness (QED) is 0.357. The van der Waals surface area contributed by atoms with Crippen molar-refractivity contribution >= 4 is 34.9 Å². The molecule has 0 radical (unpaired) electrons. The maximum Gasteiger partial charge on any atom is 0.229 e. The summed E-state index contributed by atoms with van der Waals surface area (Å²) in [7, 11) is 0. The lowest BCUT2D eigenvalue weighted by atomic mass is 9.99. The largest absolute Gasteiger partial charge is 0.324 e. The number of aromatic amines is 1. The fraction of sp³-hybridized carbons (Fsp3) is 0.174. The molecule has 7 heteroatoms. The monoisotopic (exact) mass is 418 g/mol. The molecule has 2 aromatic heterocycles. The van der Waals surface area contributed by atoms with Crippen molar-refractivity contribution in [3.8, 4) is 11.3 Å². The summed E-state index contributed by atoms with van der Waals surface area (Å²) in [4.78, 5) is 9.37. The molecule has 4 aromatic rings. The minimum atomic E-state index is 0.473. The van der Waals surface area contributed by atoms with Crippen LogP contribution in [0.3, 0.4) is 0 Å². The number of rotatable bonds is 5. The van der Waals surface area contributed by atoms with Crippen molar-refractivity contribution in [2.24, 2.45) is 0 Å². The molecule has 0 aliphatic carbocycles. The van der Waals surface area contributed by atoms with Crippen LogP contribution in [0.15, 0.2) is 48.5 Å². The van der Waals surface area contributed by atoms with Crippen molar-refractivity contribution < 1.29 is 0 Å². The molecule has 0 aliphatic heterocycles. The topological polar surface area (TPSA) is 78.5 Å². The average molecular weight is 419 g/mol. The van der Waals surface area contributed by atoms with E-state index in [2.05, 4.69) is 58.7 Å². The summed E-state index contributed by atoms with van der Waals surface area (Å²) in [6.45, 7) is 8.31. The van der Waals surface area contributed by atoms with Crippen LogP contribution >= 0.6 is 11.6 Å². The highest BCUT2D eigenvalue weighted by atomic mass is 35.5. The third-order valence-electron chi connectivity index (χ3n) is 4.99. The predicted molar refractivity (Wildman–Crippen MR) is 123 cm³/mol. The second kappa shape index (κ2) is 8.16. The van der Waals surface area contributed by atoms with Crippen LogP contribution < -0.4 is 10.6 Å². The van der Waals surface area contributed by atoms with Crippen molar-refractivity contribution in [1.29, 1.82) is 0 Å². The fourth-order valence-corrected chi connectivity index (χ4v) is 3.40. The number of nitrogens with one attached hydrogen (secondary N) is 3. The molecule has 0 unspecified atom stereocenters. The minimum Gasteiger partial charge on any atom is -0.324 e. The molecule has 2 heterocycles. The molecule has 0 saturated heterocycles. The molecule has 30 heavy (non-hydrogen) atoms. The van der Waals surface area contributed by atoms with E-state index >= 15 is 0 Å². The number of anilines is 4. The first kappa shape index (κ1) is 19.9. The van der Waals surface area contributed by atoms with Gasteiger partial charge < -0.3 is 10.6 Å². The Labute approximate surface area is 180 Å². The molecule has 0 fully saturated rings. The maximum absolute atomic E-state index is 6.12. The maximum atomic E-state index is 6.12. The van der Waals surface area contributed by atoms with Gasteiger partial charge in [-0.05, 0) is 74.7 Å². The van der Waals surface area contributed by atoms with Gasteiger partial charge in [-0.3, -0.25) is 5.10 Å². The Bertz CT molecular complexity index is 1190. The third-order valence-corrected chi connectivity index (χ3v) is 5.23. The van der Waals surface area contributed by atoms with Gasteiger partial charge in [0.15, 0.2) is 5.82 Å². The number of aryl methyl sites for hydroxylation is 3. The van der Waals surface area contributed by atoms with Crippen molar-refractivity contribution in [1.82, 2.24) is 20.2 Å². The molecule has 3 N–H and O–H groups in total. The lowest BCUT2D eigenvalue weighted by molar-refractivity contribution is 1.05. The van der Waals surface area contributed by atoms with E-state index in [-0.39, 0.29) is 0 Å². The molecule has 0 aliphatic rings. The van der Waals surface area contributed by atoms with E-state index in [0.717, 1.165) is 22.6 Å². The van der Waals surface area contributed by atoms with Crippen LogP contribution in [0.5, 0.6) is 0 Å². The lowest BCUT2D eigenvalue weighted by Crippen LogP contribution is -2.03. The van der Waals surface area contributed by atoms with E-state index < -0.39 is 0 Å². The average Bonchev–Trinajstić information content (AvgIpc) is 3.10. The number of hydrogen-bond donors (Lipinski definition) is 3. The first-order chi connectivity index (χ1) is 14.4. The molecule has 0 atom stereocenters. The zero-order chi connectivity index (χ0) is 21.3. The van der Waals surface area contributed by atoms with Gasteiger partial charge in [0.05, 0.1) is 5.69 Å². The summed E-state index contributed by atoms with van der Waals surface area (Å²) < 4.78 is 0. The molecule has 6 nitrogen and oxygen atoms in total. The summed E-state index contributed by atoms with van der Waals surface area (Å²) in [6, 6.07) is 15.6. The summed E-state index contributed by atoms with van der Waals surface area (Å²) >= 11 is 6.12. The molecule has 0 amide bonds. The number of benzene rings is 2. The SMILES string of the molecule is Cc1cc(Nc2cc(-c3cc(C)c(C)c(C)c3)nc(Nc3cccc(Cl)c3)n2)n[nH]1. The van der Waals surface area contributed by atoms with Crippen molar-refractivity contribution in [2.45, 2.75) is 27.7 Å². The van der Waals surface area contributed by atoms with E-state index in [1.54, 1.807) is 0 Å². The van der Waals surface area contributed by atoms with Crippen molar-refractivity contribution in [3.05, 3.63) is 75.9 Å². The number of H-pyrrole nitrogens is 1. The van der Waals surface area contributed by atoms with Gasteiger partial charge in [0.1, 0.15) is 5.82 Å². The van der Waals surface area contributed by atoms with Gasteiger partial charge in [-0.2, -0.15) is 10.1 Å². The van der Waals surface area contributed by atoms with Crippen LogP contribution in [0.2, 0.25) is 5.02 Å². The zero-order valence-electron chi connectivity index (χ0n) is 17.3. The van der Waals surface area contributed by atoms with Gasteiger partial charge in [-0.15, -0.1) is 0 Å². The molecular weight excluding hydrogens is 396 g/mol. The number of nitrogens with zero attached hydrogens (tertiary/aromatic N) is 3. The Kier molecular flexibility index (Phi) is 5.42. The standard InChI is InChI=1S/C23H23ClN6/c1-13-8-17(9-14(2)16(13)4)20-12-21(27-22-10-15(3)29-30-22)28-23(26-20)25-19-7-5-6-18(24)11-19/h5-12H,1-4H3,(H3,25,26,27,28,29,30). The number of aromatic nitrogens is 4. The van der Waals surface area contributed by atoms with Crippen LogP contribution in [-0.4, -0.2) is 20.2 Å². The van der Waals surface area contributed by atoms with Crippen LogP contribution in [0, 0.1) is 27.7 Å². The Balaban J connectivity index is 1.77. The Morgan fingerprint density at radius 2 is 1.60 bits per heavy atom. The van der Waals surface area contributed by atoms with E-state index in [1.807, 2.05) is 43.3 Å². The van der Waals surface area contributed by atoms with Gasteiger partial charge in [-0.25, -0.2) is 4.98 Å². The van der Waals surface area contributed by atoms with Crippen molar-refractivity contribution in [2.75, 3.05) is 10.6 Å². The molecule has 2 aromatic carbocycles. The Hall–Kier alpha value is -3.38. The molecule has 4 rings (SSSR count). The van der Waals surface area contributed by atoms with E-state index in [1.165, 1.54) is 16.7 Å². The van der Waals surface area contributed by atoms with Gasteiger partial charge in [-0.1, -0.05) is 17.7 Å². The zero-order valence-corrected chi connectivity index (χ0v) is 18.1. The van der Waals surface area contributed by atoms with E-state index in [4.69, 9.17) is 16.6 Å². The predicted octanol–water partition coefficient (Wildman–Crippen LogP) is 6.24. The summed E-state index contributed by atoms with van der Waals surface area (Å²) in [5.74, 6) is 1.81. The van der Waals surface area contributed by atoms with Crippen LogP contribution in [-0.2, 0) is 0 Å².